The Morgan fingerprint density at radius 1 is 1.19 bits per heavy atom. The van der Waals surface area contributed by atoms with Crippen LogP contribution in [0.5, 0.6) is 0 Å². The normalized spacial score (nSPS) is 16.3. The molecule has 3 rings (SSSR count). The topological polar surface area (TPSA) is 78.7 Å². The van der Waals surface area contributed by atoms with Gasteiger partial charge in [-0.05, 0) is 43.0 Å². The minimum atomic E-state index is -0.527. The lowest BCUT2D eigenvalue weighted by Gasteiger charge is -2.38. The van der Waals surface area contributed by atoms with Crippen LogP contribution in [0.25, 0.3) is 0 Å². The lowest BCUT2D eigenvalue weighted by molar-refractivity contribution is -0.120. The molecule has 1 aliphatic heterocycles. The highest BCUT2D eigenvalue weighted by atomic mass is 32.1. The molecule has 0 spiro atoms. The van der Waals surface area contributed by atoms with Gasteiger partial charge < -0.3 is 16.0 Å². The van der Waals surface area contributed by atoms with Crippen molar-refractivity contribution in [3.05, 3.63) is 46.8 Å². The van der Waals surface area contributed by atoms with Crippen LogP contribution in [0.1, 0.15) is 22.8 Å². The van der Waals surface area contributed by atoms with Crippen LogP contribution in [0.4, 0.5) is 10.7 Å². The second kappa shape index (κ2) is 7.88. The Morgan fingerprint density at radius 2 is 1.92 bits per heavy atom. The molecule has 0 radical (unpaired) electrons. The molecule has 2 heterocycles. The van der Waals surface area contributed by atoms with Gasteiger partial charge in [0, 0.05) is 31.9 Å². The summed E-state index contributed by atoms with van der Waals surface area (Å²) < 4.78 is 0. The molecule has 138 valence electrons. The fourth-order valence-corrected chi connectivity index (χ4v) is 3.97. The number of amides is 2. The van der Waals surface area contributed by atoms with Gasteiger partial charge in [0.05, 0.1) is 11.6 Å². The summed E-state index contributed by atoms with van der Waals surface area (Å²) in [4.78, 5) is 28.5. The van der Waals surface area contributed by atoms with E-state index in [2.05, 4.69) is 46.3 Å². The molecule has 6 nitrogen and oxygen atoms in total. The zero-order valence-electron chi connectivity index (χ0n) is 15.1. The number of thiophene rings is 1. The first kappa shape index (κ1) is 18.4. The molecule has 2 aromatic rings. The first-order valence-electron chi connectivity index (χ1n) is 8.69. The Morgan fingerprint density at radius 3 is 2.58 bits per heavy atom. The van der Waals surface area contributed by atoms with Crippen LogP contribution in [0.2, 0.25) is 0 Å². The quantitative estimate of drug-likeness (QED) is 0.844. The first-order valence-corrected chi connectivity index (χ1v) is 9.57. The van der Waals surface area contributed by atoms with Gasteiger partial charge in [-0.15, -0.1) is 11.3 Å². The Kier molecular flexibility index (Phi) is 5.58. The monoisotopic (exact) mass is 372 g/mol. The molecular weight excluding hydrogens is 348 g/mol. The van der Waals surface area contributed by atoms with Gasteiger partial charge in [-0.1, -0.05) is 12.1 Å². The highest BCUT2D eigenvalue weighted by molar-refractivity contribution is 7.14. The van der Waals surface area contributed by atoms with Gasteiger partial charge in [0.2, 0.25) is 5.91 Å². The van der Waals surface area contributed by atoms with Gasteiger partial charge in [0.15, 0.2) is 0 Å². The summed E-state index contributed by atoms with van der Waals surface area (Å²) in [6, 6.07) is 9.85. The van der Waals surface area contributed by atoms with Crippen molar-refractivity contribution in [2.45, 2.75) is 19.9 Å². The van der Waals surface area contributed by atoms with Crippen molar-refractivity contribution < 1.29 is 9.59 Å². The largest absolute Gasteiger partial charge is 0.369 e. The van der Waals surface area contributed by atoms with Gasteiger partial charge >= 0.3 is 0 Å². The molecule has 1 fully saturated rings. The number of piperazine rings is 1. The second-order valence-corrected chi connectivity index (χ2v) is 7.47. The molecule has 1 saturated heterocycles. The summed E-state index contributed by atoms with van der Waals surface area (Å²) in [5.74, 6) is -0.639. The molecule has 7 heteroatoms. The van der Waals surface area contributed by atoms with Crippen LogP contribution in [0.15, 0.2) is 35.7 Å². The standard InChI is InChI=1S/C19H24N4O2S/c1-13-4-3-5-15(12-13)23-9-7-22(8-10-23)14(2)18(25)21-19-16(17(20)24)6-11-26-19/h3-6,11-12,14H,7-10H2,1-2H3,(H2,20,24)(H,21,25). The lowest BCUT2D eigenvalue weighted by Crippen LogP contribution is -2.52. The van der Waals surface area contributed by atoms with Crippen LogP contribution in [-0.2, 0) is 4.79 Å². The summed E-state index contributed by atoms with van der Waals surface area (Å²) in [6.45, 7) is 7.39. The molecule has 1 unspecified atom stereocenters. The summed E-state index contributed by atoms with van der Waals surface area (Å²) >= 11 is 1.31. The second-order valence-electron chi connectivity index (χ2n) is 6.55. The number of primary amides is 1. The molecule has 1 atom stereocenters. The van der Waals surface area contributed by atoms with Crippen molar-refractivity contribution in [2.75, 3.05) is 36.4 Å². The zero-order chi connectivity index (χ0) is 18.7. The number of anilines is 2. The molecule has 26 heavy (non-hydrogen) atoms. The van der Waals surface area contributed by atoms with E-state index in [0.29, 0.717) is 10.6 Å². The predicted molar refractivity (Wildman–Crippen MR) is 106 cm³/mol. The minimum Gasteiger partial charge on any atom is -0.369 e. The van der Waals surface area contributed by atoms with E-state index in [0.717, 1.165) is 26.2 Å². The van der Waals surface area contributed by atoms with Crippen LogP contribution in [-0.4, -0.2) is 48.9 Å². The smallest absolute Gasteiger partial charge is 0.251 e. The average molecular weight is 372 g/mol. The zero-order valence-corrected chi connectivity index (χ0v) is 15.9. The Balaban J connectivity index is 1.57. The molecule has 1 aliphatic rings. The summed E-state index contributed by atoms with van der Waals surface area (Å²) in [7, 11) is 0. The van der Waals surface area contributed by atoms with E-state index in [1.165, 1.54) is 22.6 Å². The molecule has 1 aromatic carbocycles. The number of nitrogens with two attached hydrogens (primary N) is 1. The molecule has 0 saturated carbocycles. The van der Waals surface area contributed by atoms with E-state index in [1.54, 1.807) is 11.4 Å². The van der Waals surface area contributed by atoms with E-state index in [4.69, 9.17) is 5.73 Å². The van der Waals surface area contributed by atoms with Gasteiger partial charge in [-0.25, -0.2) is 0 Å². The fourth-order valence-electron chi connectivity index (χ4n) is 3.17. The Bertz CT molecular complexity index is 796. The molecule has 1 aromatic heterocycles. The van der Waals surface area contributed by atoms with Gasteiger partial charge in [-0.3, -0.25) is 14.5 Å². The number of rotatable bonds is 5. The Hall–Kier alpha value is -2.38. The maximum Gasteiger partial charge on any atom is 0.251 e. The van der Waals surface area contributed by atoms with Crippen molar-refractivity contribution in [2.24, 2.45) is 5.73 Å². The summed E-state index contributed by atoms with van der Waals surface area (Å²) in [5.41, 5.74) is 8.17. The maximum atomic E-state index is 12.6. The third-order valence-electron chi connectivity index (χ3n) is 4.78. The Labute approximate surface area is 157 Å². The first-order chi connectivity index (χ1) is 12.5. The number of nitrogens with zero attached hydrogens (tertiary/aromatic N) is 2. The average Bonchev–Trinajstić information content (AvgIpc) is 3.09. The van der Waals surface area contributed by atoms with Gasteiger partial charge in [0.1, 0.15) is 5.00 Å². The SMILES string of the molecule is Cc1cccc(N2CCN(C(C)C(=O)Nc3sccc3C(N)=O)CC2)c1. The highest BCUT2D eigenvalue weighted by Crippen LogP contribution is 2.24. The number of carbonyl (C=O) groups is 2. The number of hydrogen-bond donors (Lipinski definition) is 2. The van der Waals surface area contributed by atoms with E-state index in [-0.39, 0.29) is 11.9 Å². The lowest BCUT2D eigenvalue weighted by atomic mass is 10.1. The van der Waals surface area contributed by atoms with E-state index >= 15 is 0 Å². The highest BCUT2D eigenvalue weighted by Gasteiger charge is 2.26. The third kappa shape index (κ3) is 4.05. The van der Waals surface area contributed by atoms with Crippen molar-refractivity contribution in [1.29, 1.82) is 0 Å². The van der Waals surface area contributed by atoms with Crippen LogP contribution in [0, 0.1) is 6.92 Å². The molecule has 2 amide bonds. The molecule has 0 aliphatic carbocycles. The van der Waals surface area contributed by atoms with Crippen molar-refractivity contribution in [3.8, 4) is 0 Å². The van der Waals surface area contributed by atoms with Crippen LogP contribution < -0.4 is 16.0 Å². The fraction of sp³-hybridized carbons (Fsp3) is 0.368. The van der Waals surface area contributed by atoms with E-state index in [9.17, 15) is 9.59 Å². The van der Waals surface area contributed by atoms with Crippen LogP contribution >= 0.6 is 11.3 Å². The number of nitrogens with one attached hydrogen (secondary N) is 1. The van der Waals surface area contributed by atoms with Gasteiger partial charge in [-0.2, -0.15) is 0 Å². The van der Waals surface area contributed by atoms with Crippen molar-refractivity contribution >= 4 is 33.8 Å². The number of aryl methyl sites for hydroxylation is 1. The minimum absolute atomic E-state index is 0.112. The predicted octanol–water partition coefficient (Wildman–Crippen LogP) is 2.30. The van der Waals surface area contributed by atoms with Crippen molar-refractivity contribution in [1.82, 2.24) is 4.90 Å². The van der Waals surface area contributed by atoms with Gasteiger partial charge in [0.25, 0.3) is 5.91 Å². The number of carbonyl (C=O) groups excluding carboxylic acids is 2. The third-order valence-corrected chi connectivity index (χ3v) is 5.61. The molecule has 3 N–H and O–H groups in total. The summed E-state index contributed by atoms with van der Waals surface area (Å²) in [5, 5.41) is 5.11. The maximum absolute atomic E-state index is 12.6. The van der Waals surface area contributed by atoms with Crippen LogP contribution in [0.3, 0.4) is 0 Å². The van der Waals surface area contributed by atoms with E-state index in [1.807, 2.05) is 6.92 Å². The number of hydrogen-bond acceptors (Lipinski definition) is 5. The molecule has 0 bridgehead atoms. The van der Waals surface area contributed by atoms with E-state index < -0.39 is 5.91 Å². The summed E-state index contributed by atoms with van der Waals surface area (Å²) in [6.07, 6.45) is 0. The number of benzene rings is 1. The molecular formula is C19H24N4O2S. The van der Waals surface area contributed by atoms with Crippen molar-refractivity contribution in [3.63, 3.8) is 0 Å².